The quantitative estimate of drug-likeness (QED) is 0.785. The van der Waals surface area contributed by atoms with E-state index >= 15 is 0 Å². The van der Waals surface area contributed by atoms with E-state index in [9.17, 15) is 9.59 Å². The Balaban J connectivity index is 2.02. The van der Waals surface area contributed by atoms with Crippen LogP contribution in [-0.2, 0) is 7.05 Å². The molecule has 1 aromatic heterocycles. The van der Waals surface area contributed by atoms with Crippen molar-refractivity contribution in [3.05, 3.63) is 70.1 Å². The second kappa shape index (κ2) is 5.73. The number of anilines is 1. The molecule has 0 saturated heterocycles. The molecule has 1 amide bonds. The summed E-state index contributed by atoms with van der Waals surface area (Å²) in [5, 5.41) is 16.5. The molecule has 6 nitrogen and oxygen atoms in total. The molecule has 112 valence electrons. The molecule has 3 aromatic rings. The third kappa shape index (κ3) is 2.68. The summed E-state index contributed by atoms with van der Waals surface area (Å²) in [5.74, 6) is -0.415. The molecule has 2 aromatic carbocycles. The van der Waals surface area contributed by atoms with E-state index in [-0.39, 0.29) is 11.3 Å². The van der Waals surface area contributed by atoms with E-state index < -0.39 is 5.91 Å². The smallest absolute Gasteiger partial charge is 0.276 e. The number of benzene rings is 2. The Kier molecular flexibility index (Phi) is 3.61. The van der Waals surface area contributed by atoms with E-state index in [1.165, 1.54) is 7.05 Å². The van der Waals surface area contributed by atoms with E-state index in [1.807, 2.05) is 6.07 Å². The molecule has 6 heteroatoms. The van der Waals surface area contributed by atoms with Crippen molar-refractivity contribution < 1.29 is 4.79 Å². The summed E-state index contributed by atoms with van der Waals surface area (Å²) < 4.78 is 1.15. The molecule has 0 saturated carbocycles. The van der Waals surface area contributed by atoms with Gasteiger partial charge in [0, 0.05) is 18.1 Å². The van der Waals surface area contributed by atoms with Gasteiger partial charge < -0.3 is 5.32 Å². The maximum Gasteiger partial charge on any atom is 0.276 e. The first-order valence-electron chi connectivity index (χ1n) is 6.87. The number of carbonyl (C=O) groups is 1. The maximum absolute atomic E-state index is 12.5. The highest BCUT2D eigenvalue weighted by molar-refractivity contribution is 6.11. The summed E-state index contributed by atoms with van der Waals surface area (Å²) in [7, 11) is 1.51. The van der Waals surface area contributed by atoms with Gasteiger partial charge in [0.25, 0.3) is 11.5 Å². The maximum atomic E-state index is 12.5. The number of hydrogen-bond donors (Lipinski definition) is 1. The highest BCUT2D eigenvalue weighted by Gasteiger charge is 2.15. The van der Waals surface area contributed by atoms with E-state index in [2.05, 4.69) is 10.4 Å². The van der Waals surface area contributed by atoms with Crippen LogP contribution in [0.1, 0.15) is 16.1 Å². The van der Waals surface area contributed by atoms with Gasteiger partial charge in [-0.3, -0.25) is 9.59 Å². The zero-order valence-corrected chi connectivity index (χ0v) is 12.3. The first-order chi connectivity index (χ1) is 11.1. The number of hydrogen-bond acceptors (Lipinski definition) is 4. The number of amides is 1. The number of nitrogens with zero attached hydrogens (tertiary/aromatic N) is 3. The molecule has 0 aliphatic carbocycles. The number of nitrogens with one attached hydrogen (secondary N) is 1. The van der Waals surface area contributed by atoms with Crippen molar-refractivity contribution in [3.8, 4) is 6.07 Å². The average molecular weight is 304 g/mol. The lowest BCUT2D eigenvalue weighted by Crippen LogP contribution is -2.25. The van der Waals surface area contributed by atoms with Gasteiger partial charge in [0.2, 0.25) is 0 Å². The summed E-state index contributed by atoms with van der Waals surface area (Å²) >= 11 is 0. The molecule has 0 unspecified atom stereocenters. The third-order valence-electron chi connectivity index (χ3n) is 3.44. The van der Waals surface area contributed by atoms with E-state index in [0.29, 0.717) is 22.0 Å². The zero-order chi connectivity index (χ0) is 16.4. The van der Waals surface area contributed by atoms with Crippen LogP contribution in [0.2, 0.25) is 0 Å². The van der Waals surface area contributed by atoms with Crippen molar-refractivity contribution >= 4 is 22.4 Å². The average Bonchev–Trinajstić information content (AvgIpc) is 2.58. The van der Waals surface area contributed by atoms with Gasteiger partial charge in [-0.15, -0.1) is 0 Å². The highest BCUT2D eigenvalue weighted by Crippen LogP contribution is 2.15. The number of nitriles is 1. The van der Waals surface area contributed by atoms with Crippen LogP contribution in [0.15, 0.2) is 53.3 Å². The fraction of sp³-hybridized carbons (Fsp3) is 0.0588. The van der Waals surface area contributed by atoms with Gasteiger partial charge in [-0.2, -0.15) is 10.4 Å². The number of carbonyl (C=O) groups excluding carboxylic acids is 1. The van der Waals surface area contributed by atoms with Gasteiger partial charge in [-0.25, -0.2) is 4.68 Å². The van der Waals surface area contributed by atoms with Gasteiger partial charge in [0.15, 0.2) is 5.69 Å². The molecule has 0 fully saturated rings. The van der Waals surface area contributed by atoms with Crippen LogP contribution in [0.4, 0.5) is 5.69 Å². The first-order valence-corrected chi connectivity index (χ1v) is 6.87. The van der Waals surface area contributed by atoms with Gasteiger partial charge in [0.05, 0.1) is 17.0 Å². The highest BCUT2D eigenvalue weighted by atomic mass is 16.2. The lowest BCUT2D eigenvalue weighted by Gasteiger charge is -2.09. The largest absolute Gasteiger partial charge is 0.321 e. The molecule has 0 radical (unpaired) electrons. The van der Waals surface area contributed by atoms with Crippen LogP contribution in [0, 0.1) is 11.3 Å². The van der Waals surface area contributed by atoms with Crippen molar-refractivity contribution in [2.24, 2.45) is 7.05 Å². The van der Waals surface area contributed by atoms with E-state index in [4.69, 9.17) is 5.26 Å². The fourth-order valence-electron chi connectivity index (χ4n) is 2.29. The summed E-state index contributed by atoms with van der Waals surface area (Å²) in [6, 6.07) is 15.4. The predicted molar refractivity (Wildman–Crippen MR) is 86.1 cm³/mol. The SMILES string of the molecule is Cn1nc(C(=O)Nc2ccc(C#N)cc2)c2ccccc2c1=O. The molecule has 0 spiro atoms. The van der Waals surface area contributed by atoms with E-state index in [0.717, 1.165) is 4.68 Å². The number of aryl methyl sites for hydroxylation is 1. The second-order valence-corrected chi connectivity index (χ2v) is 4.97. The summed E-state index contributed by atoms with van der Waals surface area (Å²) in [5.41, 5.74) is 0.977. The molecule has 3 rings (SSSR count). The molecule has 0 aliphatic heterocycles. The van der Waals surface area contributed by atoms with Crippen LogP contribution in [-0.4, -0.2) is 15.7 Å². The Morgan fingerprint density at radius 1 is 1.13 bits per heavy atom. The lowest BCUT2D eigenvalue weighted by atomic mass is 10.1. The van der Waals surface area contributed by atoms with E-state index in [1.54, 1.807) is 48.5 Å². The zero-order valence-electron chi connectivity index (χ0n) is 12.3. The molecule has 0 atom stereocenters. The van der Waals surface area contributed by atoms with Crippen LogP contribution < -0.4 is 10.9 Å². The summed E-state index contributed by atoms with van der Waals surface area (Å²) in [6.45, 7) is 0. The van der Waals surface area contributed by atoms with Crippen LogP contribution in [0.3, 0.4) is 0 Å². The van der Waals surface area contributed by atoms with Gasteiger partial charge in [0.1, 0.15) is 0 Å². The normalized spacial score (nSPS) is 10.3. The predicted octanol–water partition coefficient (Wildman–Crippen LogP) is 2.06. The third-order valence-corrected chi connectivity index (χ3v) is 3.44. The molecular formula is C17H12N4O2. The fourth-order valence-corrected chi connectivity index (χ4v) is 2.29. The van der Waals surface area contributed by atoms with Crippen molar-refractivity contribution in [2.45, 2.75) is 0 Å². The second-order valence-electron chi connectivity index (χ2n) is 4.97. The number of rotatable bonds is 2. The number of fused-ring (bicyclic) bond motifs is 1. The molecule has 23 heavy (non-hydrogen) atoms. The van der Waals surface area contributed by atoms with Gasteiger partial charge in [-0.1, -0.05) is 18.2 Å². The Morgan fingerprint density at radius 2 is 1.78 bits per heavy atom. The van der Waals surface area contributed by atoms with Crippen LogP contribution in [0.5, 0.6) is 0 Å². The molecular weight excluding hydrogens is 292 g/mol. The first kappa shape index (κ1) is 14.5. The van der Waals surface area contributed by atoms with Crippen LogP contribution in [0.25, 0.3) is 10.8 Å². The summed E-state index contributed by atoms with van der Waals surface area (Å²) in [4.78, 5) is 24.6. The Hall–Kier alpha value is -3.46. The standard InChI is InChI=1S/C17H12N4O2/c1-21-17(23)14-5-3-2-4-13(14)15(20-21)16(22)19-12-8-6-11(10-18)7-9-12/h2-9H,1H3,(H,19,22). The number of aromatic nitrogens is 2. The molecule has 0 aliphatic rings. The monoisotopic (exact) mass is 304 g/mol. The minimum atomic E-state index is -0.415. The van der Waals surface area contributed by atoms with Crippen molar-refractivity contribution in [1.82, 2.24) is 9.78 Å². The van der Waals surface area contributed by atoms with Crippen molar-refractivity contribution in [3.63, 3.8) is 0 Å². The van der Waals surface area contributed by atoms with Gasteiger partial charge in [-0.05, 0) is 30.3 Å². The van der Waals surface area contributed by atoms with Crippen molar-refractivity contribution in [1.29, 1.82) is 5.26 Å². The van der Waals surface area contributed by atoms with Crippen LogP contribution >= 0.6 is 0 Å². The minimum Gasteiger partial charge on any atom is -0.321 e. The Labute approximate surface area is 131 Å². The molecule has 1 N–H and O–H groups in total. The molecule has 0 bridgehead atoms. The Bertz CT molecular complexity index is 998. The van der Waals surface area contributed by atoms with Crippen molar-refractivity contribution in [2.75, 3.05) is 5.32 Å². The van der Waals surface area contributed by atoms with Gasteiger partial charge >= 0.3 is 0 Å². The lowest BCUT2D eigenvalue weighted by molar-refractivity contribution is 0.102. The molecule has 1 heterocycles. The Morgan fingerprint density at radius 3 is 2.43 bits per heavy atom. The summed E-state index contributed by atoms with van der Waals surface area (Å²) in [6.07, 6.45) is 0. The topological polar surface area (TPSA) is 87.8 Å². The minimum absolute atomic E-state index is 0.173.